The molecule has 0 spiro atoms. The van der Waals surface area contributed by atoms with Crippen LogP contribution >= 0.6 is 0 Å². The molecule has 2 aromatic rings. The van der Waals surface area contributed by atoms with E-state index in [-0.39, 0.29) is 77.3 Å². The third-order valence-corrected chi connectivity index (χ3v) is 13.8. The number of fused-ring (bicyclic) bond motifs is 7. The minimum absolute atomic E-state index is 0. The van der Waals surface area contributed by atoms with Crippen LogP contribution in [0, 0.1) is 43.4 Å². The second-order valence-corrected chi connectivity index (χ2v) is 18.8. The molecule has 2 saturated heterocycles. The van der Waals surface area contributed by atoms with Crippen molar-refractivity contribution in [3.05, 3.63) is 125 Å². The van der Waals surface area contributed by atoms with Crippen LogP contribution in [0.1, 0.15) is 175 Å². The van der Waals surface area contributed by atoms with Gasteiger partial charge in [-0.25, -0.2) is 0 Å². The van der Waals surface area contributed by atoms with Gasteiger partial charge in [-0.15, -0.1) is 22.8 Å². The summed E-state index contributed by atoms with van der Waals surface area (Å²) in [6, 6.07) is 0. The molecule has 10 nitrogen and oxygen atoms in total. The van der Waals surface area contributed by atoms with Gasteiger partial charge in [0.15, 0.2) is 11.6 Å². The van der Waals surface area contributed by atoms with E-state index in [9.17, 15) is 19.2 Å². The number of nitrogens with zero attached hydrogens (tertiary/aromatic N) is 4. The average Bonchev–Trinajstić information content (AvgIpc) is 4.00. The van der Waals surface area contributed by atoms with E-state index in [2.05, 4.69) is 66.7 Å². The van der Waals surface area contributed by atoms with Gasteiger partial charge >= 0.3 is 35.0 Å². The third kappa shape index (κ3) is 11.4. The number of rotatable bonds is 17. The smallest absolute Gasteiger partial charge is 0.664 e. The SMILES string of the molecule is CC[C@H]1/C2=C/c3[n-]c4c(c3C)C(=O)[C@H](C(=O)OC)/C4=C3/[N-]/C(=C\c4[n-]c(c(C(C)=O)c4C)/C=C(\[N-]2)[C@@H]1C)[C@@H](C)[C@@H]3CCC(=O)OC/C=C(\C)CC/C=C(\C)CC/C=C(\C)CCC=C(C)C.[Mg+2]. The Hall–Kier alpha value is -4.87. The molecule has 0 aromatic carbocycles. The Bertz CT molecular complexity index is 2480. The van der Waals surface area contributed by atoms with Gasteiger partial charge in [-0.3, -0.25) is 19.2 Å². The first kappa shape index (κ1) is 52.1. The Morgan fingerprint density at radius 1 is 0.697 bits per heavy atom. The van der Waals surface area contributed by atoms with E-state index in [1.807, 2.05) is 45.1 Å². The molecule has 4 aliphatic rings. The molecule has 348 valence electrons. The minimum atomic E-state index is -1.25. The zero-order chi connectivity index (χ0) is 47.3. The van der Waals surface area contributed by atoms with Crippen molar-refractivity contribution in [2.45, 2.75) is 134 Å². The molecule has 66 heavy (non-hydrogen) atoms. The molecule has 8 bridgehead atoms. The van der Waals surface area contributed by atoms with Crippen LogP contribution < -0.4 is 9.97 Å². The monoisotopic (exact) mass is 905 g/mol. The van der Waals surface area contributed by atoms with Gasteiger partial charge < -0.3 is 30.1 Å². The molecule has 0 unspecified atom stereocenters. The molecular weight excluding hydrogens is 837 g/mol. The summed E-state index contributed by atoms with van der Waals surface area (Å²) in [4.78, 5) is 64.6. The van der Waals surface area contributed by atoms with Crippen molar-refractivity contribution in [3.63, 3.8) is 0 Å². The summed E-state index contributed by atoms with van der Waals surface area (Å²) in [7, 11) is 1.28. The fourth-order valence-corrected chi connectivity index (χ4v) is 9.77. The number of hydrogen-bond acceptors (Lipinski definition) is 6. The van der Waals surface area contributed by atoms with Crippen LogP contribution in [0.25, 0.3) is 34.4 Å². The standard InChI is InChI=1S/C55H70N4O6.Mg/c1-13-39-34(7)41-29-46-48(38(11)60)36(9)43(57-46)27-42-35(8)40(52(58-42)50-51(55(63)64-12)54(62)49-37(10)44(59-53(49)50)28-45(39)56-41)23-24-47(61)65-26-25-33(6)22-16-21-32(5)20-15-19-31(4)18-14-17-30(2)3;/h17,19,21,25,27-29,34-35,39-40,51H,13-16,18,20,22-24,26H2,1-12H3,(H2-2,56,57,58,59,60,62);/q-2;+2/p-2/b31-19+,32-21+,33-25+,42-27-,45-28-;/t34-,35+,39-,40+,51-;/m1./s1. The van der Waals surface area contributed by atoms with Gasteiger partial charge in [-0.2, -0.15) is 22.8 Å². The Kier molecular flexibility index (Phi) is 18.0. The predicted molar refractivity (Wildman–Crippen MR) is 266 cm³/mol. The second-order valence-electron chi connectivity index (χ2n) is 18.8. The Morgan fingerprint density at radius 3 is 1.86 bits per heavy atom. The maximum absolute atomic E-state index is 14.4. The van der Waals surface area contributed by atoms with E-state index in [1.54, 1.807) is 6.92 Å². The van der Waals surface area contributed by atoms with Gasteiger partial charge in [0.05, 0.1) is 7.11 Å². The van der Waals surface area contributed by atoms with Crippen LogP contribution in [0.15, 0.2) is 69.4 Å². The first-order valence-corrected chi connectivity index (χ1v) is 23.5. The molecule has 6 rings (SSSR count). The number of esters is 2. The largest absolute Gasteiger partial charge is 2.00 e. The number of carbonyl (C=O) groups excluding carboxylic acids is 4. The summed E-state index contributed by atoms with van der Waals surface area (Å²) in [5, 5.41) is 10.3. The van der Waals surface area contributed by atoms with Crippen LogP contribution in [0.2, 0.25) is 0 Å². The minimum Gasteiger partial charge on any atom is -0.664 e. The first-order chi connectivity index (χ1) is 30.9. The van der Waals surface area contributed by atoms with Crippen LogP contribution in [0.4, 0.5) is 0 Å². The van der Waals surface area contributed by atoms with Gasteiger partial charge in [0.1, 0.15) is 12.5 Å². The van der Waals surface area contributed by atoms with E-state index in [1.165, 1.54) is 23.8 Å². The predicted octanol–water partition coefficient (Wildman–Crippen LogP) is 12.6. The molecule has 2 fully saturated rings. The quantitative estimate of drug-likeness (QED) is 0.0502. The molecule has 0 amide bonds. The molecule has 3 aliphatic heterocycles. The number of ether oxygens (including phenoxy) is 2. The number of allylic oxidation sites excluding steroid dienone is 11. The first-order valence-electron chi connectivity index (χ1n) is 23.5. The van der Waals surface area contributed by atoms with Crippen molar-refractivity contribution in [2.24, 2.45) is 29.6 Å². The maximum Gasteiger partial charge on any atom is 2.00 e. The topological polar surface area (TPSA) is 143 Å². The summed E-state index contributed by atoms with van der Waals surface area (Å²) in [5.41, 5.74) is 13.1. The molecule has 0 saturated carbocycles. The number of carbonyl (C=O) groups is 4. The van der Waals surface area contributed by atoms with Gasteiger partial charge in [0, 0.05) is 17.5 Å². The normalized spacial score (nSPS) is 24.8. The van der Waals surface area contributed by atoms with Crippen molar-refractivity contribution in [3.8, 4) is 0 Å². The van der Waals surface area contributed by atoms with Gasteiger partial charge in [0.2, 0.25) is 0 Å². The van der Waals surface area contributed by atoms with Crippen LogP contribution in [-0.4, -0.2) is 60.3 Å². The Labute approximate surface area is 409 Å². The second kappa shape index (κ2) is 22.7. The molecule has 11 heteroatoms. The van der Waals surface area contributed by atoms with E-state index in [0.29, 0.717) is 62.9 Å². The van der Waals surface area contributed by atoms with E-state index < -0.39 is 11.9 Å². The fraction of sp³-hybridized carbons (Fsp3) is 0.491. The van der Waals surface area contributed by atoms with Gasteiger partial charge in [-0.1, -0.05) is 103 Å². The molecule has 2 aromatic heterocycles. The van der Waals surface area contributed by atoms with Crippen LogP contribution in [-0.2, 0) is 19.1 Å². The molecule has 5 heterocycles. The van der Waals surface area contributed by atoms with Gasteiger partial charge in [-0.05, 0) is 130 Å². The van der Waals surface area contributed by atoms with E-state index >= 15 is 0 Å². The van der Waals surface area contributed by atoms with Crippen molar-refractivity contribution in [2.75, 3.05) is 13.7 Å². The Morgan fingerprint density at radius 2 is 1.26 bits per heavy atom. The average molecular weight is 905 g/mol. The summed E-state index contributed by atoms with van der Waals surface area (Å²) in [5.74, 6) is -3.26. The zero-order valence-corrected chi connectivity index (χ0v) is 42.9. The number of methoxy groups -OCH3 is 1. The molecular formula is C55H68MgN4O6-2. The molecule has 1 aliphatic carbocycles. The fourth-order valence-electron chi connectivity index (χ4n) is 9.77. The number of Topliss-reactive ketones (excluding diaryl/α,β-unsaturated/α-hetero) is 2. The maximum atomic E-state index is 14.4. The molecule has 5 atom stereocenters. The summed E-state index contributed by atoms with van der Waals surface area (Å²) in [6.07, 6.45) is 22.1. The summed E-state index contributed by atoms with van der Waals surface area (Å²) >= 11 is 0. The van der Waals surface area contributed by atoms with Crippen LogP contribution in [0.3, 0.4) is 0 Å². The van der Waals surface area contributed by atoms with Crippen molar-refractivity contribution >= 4 is 70.4 Å². The van der Waals surface area contributed by atoms with Crippen molar-refractivity contribution in [1.82, 2.24) is 9.97 Å². The summed E-state index contributed by atoms with van der Waals surface area (Å²) < 4.78 is 11.0. The van der Waals surface area contributed by atoms with E-state index in [4.69, 9.17) is 30.1 Å². The van der Waals surface area contributed by atoms with Gasteiger partial charge in [0.25, 0.3) is 0 Å². The van der Waals surface area contributed by atoms with E-state index in [0.717, 1.165) is 67.5 Å². The Balaban J connectivity index is 0.00000817. The zero-order valence-electron chi connectivity index (χ0n) is 41.4. The number of ketones is 2. The third-order valence-electron chi connectivity index (χ3n) is 13.8. The number of hydrogen-bond donors (Lipinski definition) is 0. The molecule has 0 N–H and O–H groups in total. The molecule has 0 radical (unpaired) electrons. The van der Waals surface area contributed by atoms with Crippen molar-refractivity contribution in [1.29, 1.82) is 0 Å². The number of aromatic nitrogens is 2. The van der Waals surface area contributed by atoms with Crippen molar-refractivity contribution < 1.29 is 28.7 Å². The van der Waals surface area contributed by atoms with Crippen LogP contribution in [0.5, 0.6) is 0 Å². The summed E-state index contributed by atoms with van der Waals surface area (Å²) in [6.45, 7) is 22.5.